The molecule has 0 atom stereocenters. The Morgan fingerprint density at radius 2 is 1.11 bits per heavy atom. The summed E-state index contributed by atoms with van der Waals surface area (Å²) in [7, 11) is -4.67. The summed E-state index contributed by atoms with van der Waals surface area (Å²) in [4.78, 5) is 0. The molecule has 6 nitrogen and oxygen atoms in total. The molecule has 0 saturated carbocycles. The van der Waals surface area contributed by atoms with Crippen LogP contribution in [0.15, 0.2) is 0 Å². The Hall–Kier alpha value is 0.0400. The summed E-state index contributed by atoms with van der Waals surface area (Å²) in [6, 6.07) is 0. The Kier molecular flexibility index (Phi) is 14.3. The van der Waals surface area contributed by atoms with Crippen molar-refractivity contribution in [1.29, 1.82) is 0 Å². The third-order valence-corrected chi connectivity index (χ3v) is 0. The summed E-state index contributed by atoms with van der Waals surface area (Å²) in [6.07, 6.45) is 0. The van der Waals surface area contributed by atoms with Crippen LogP contribution in [0.1, 0.15) is 0 Å². The van der Waals surface area contributed by atoms with Crippen molar-refractivity contribution in [3.63, 3.8) is 0 Å². The molecule has 0 fully saturated rings. The Morgan fingerprint density at radius 3 is 1.11 bits per heavy atom. The van der Waals surface area contributed by atoms with Crippen molar-refractivity contribution in [3.8, 4) is 0 Å². The number of hydrogen-bond donors (Lipinski definition) is 2. The molecule has 0 aromatic rings. The molecule has 9 heteroatoms. The molecule has 0 rings (SSSR count). The highest BCUT2D eigenvalue weighted by Gasteiger charge is 1.84. The minimum Gasteiger partial charge on any atom is -0.264 e. The lowest BCUT2D eigenvalue weighted by Gasteiger charge is -1.68. The van der Waals surface area contributed by atoms with Crippen LogP contribution in [0.4, 0.5) is 0 Å². The quantitative estimate of drug-likeness (QED) is 0.470. The molecule has 0 saturated heterocycles. The lowest BCUT2D eigenvalue weighted by atomic mass is 15.8. The molecule has 0 bridgehead atoms. The highest BCUT2D eigenvalue weighted by Crippen LogP contribution is 1.59. The monoisotopic (exact) mass is 196 g/mol. The van der Waals surface area contributed by atoms with E-state index in [0.717, 1.165) is 0 Å². The van der Waals surface area contributed by atoms with Crippen LogP contribution in [-0.2, 0) is 22.0 Å². The molecule has 0 spiro atoms. The van der Waals surface area contributed by atoms with E-state index < -0.39 is 22.0 Å². The first-order valence-corrected chi connectivity index (χ1v) is 3.10. The fraction of sp³-hybridized carbons (Fsp3) is 0. The second kappa shape index (κ2) is 8.04. The van der Waals surface area contributed by atoms with E-state index in [9.17, 15) is 0 Å². The third kappa shape index (κ3) is 183000. The second-order valence-electron chi connectivity index (χ2n) is 0.516. The van der Waals surface area contributed by atoms with E-state index >= 15 is 0 Å². The van der Waals surface area contributed by atoms with Gasteiger partial charge in [0, 0.05) is 0 Å². The second-order valence-corrected chi connectivity index (χ2v) is 1.55. The molecule has 9 heavy (non-hydrogen) atoms. The van der Waals surface area contributed by atoms with Gasteiger partial charge in [-0.05, 0) is 0 Å². The van der Waals surface area contributed by atoms with Gasteiger partial charge >= 0.3 is 22.0 Å². The molecule has 0 aliphatic carbocycles. The molecule has 0 heterocycles. The summed E-state index contributed by atoms with van der Waals surface area (Å²) in [5.74, 6) is 0. The normalized spacial score (nSPS) is 7.78. The molecule has 0 amide bonds. The van der Waals surface area contributed by atoms with E-state index in [0.29, 0.717) is 0 Å². The molecular weight excluding hydrogens is 192 g/mol. The number of rotatable bonds is 0. The lowest BCUT2D eigenvalue weighted by molar-refractivity contribution is 0.381. The summed E-state index contributed by atoms with van der Waals surface area (Å²) >= 11 is -0.750. The fourth-order valence-corrected chi connectivity index (χ4v) is 0. The molecule has 0 radical (unpaired) electrons. The Morgan fingerprint density at radius 1 is 1.11 bits per heavy atom. The third-order valence-electron chi connectivity index (χ3n) is 0. The van der Waals surface area contributed by atoms with Crippen molar-refractivity contribution in [2.45, 2.75) is 0 Å². The van der Waals surface area contributed by atoms with Gasteiger partial charge in [0.2, 0.25) is 0 Å². The highest BCUT2D eigenvalue weighted by atomic mass is 32.3. The fourth-order valence-electron chi connectivity index (χ4n) is 0. The van der Waals surface area contributed by atoms with Gasteiger partial charge in [0.15, 0.2) is 0 Å². The van der Waals surface area contributed by atoms with Crippen LogP contribution in [0, 0.1) is 0 Å². The summed E-state index contributed by atoms with van der Waals surface area (Å²) in [5, 5.41) is 0. The van der Waals surface area contributed by atoms with Crippen molar-refractivity contribution in [3.05, 3.63) is 0 Å². The molecule has 0 aliphatic heterocycles. The lowest BCUT2D eigenvalue weighted by Crippen LogP contribution is -1.89. The predicted molar refractivity (Wildman–Crippen MR) is 33.5 cm³/mol. The van der Waals surface area contributed by atoms with Crippen LogP contribution in [0.3, 0.4) is 0 Å². The largest absolute Gasteiger partial charge is 0.394 e. The summed E-state index contributed by atoms with van der Waals surface area (Å²) in [5.41, 5.74) is 0. The number of hydrogen-bond acceptors (Lipinski definition) is 4. The van der Waals surface area contributed by atoms with Gasteiger partial charge < -0.3 is 0 Å². The molecule has 0 aromatic heterocycles. The minimum atomic E-state index is -4.67. The van der Waals surface area contributed by atoms with Crippen LogP contribution in [0.25, 0.3) is 0 Å². The van der Waals surface area contributed by atoms with Gasteiger partial charge in [0.05, 0.1) is 0 Å². The first-order chi connectivity index (χ1) is 3.41. The molecular formula is H4O6S3. The van der Waals surface area contributed by atoms with Gasteiger partial charge in [-0.2, -0.15) is 30.3 Å². The standard InChI is InChI=1S/H2O4S.O2S.H2S/c1-5(2,3)4;1-3-2;/h(H2,1,2,3,4);;1H2. The van der Waals surface area contributed by atoms with Gasteiger partial charge in [-0.1, -0.05) is 0 Å². The van der Waals surface area contributed by atoms with Gasteiger partial charge in [-0.25, -0.2) is 0 Å². The predicted octanol–water partition coefficient (Wildman–Crippen LogP) is -1.21. The zero-order chi connectivity index (χ0) is 7.21. The van der Waals surface area contributed by atoms with Crippen molar-refractivity contribution >= 4 is 35.5 Å². The van der Waals surface area contributed by atoms with Crippen molar-refractivity contribution in [2.24, 2.45) is 0 Å². The van der Waals surface area contributed by atoms with E-state index in [-0.39, 0.29) is 13.5 Å². The van der Waals surface area contributed by atoms with Crippen LogP contribution in [-0.4, -0.2) is 25.9 Å². The maximum atomic E-state index is 8.74. The zero-order valence-corrected chi connectivity index (χ0v) is 6.48. The SMILES string of the molecule is O=S(=O)(O)O.O=S=O.S. The van der Waals surface area contributed by atoms with Gasteiger partial charge in [0.25, 0.3) is 0 Å². The average molecular weight is 196 g/mol. The maximum Gasteiger partial charge on any atom is 0.394 e. The smallest absolute Gasteiger partial charge is 0.264 e. The van der Waals surface area contributed by atoms with Crippen molar-refractivity contribution < 1.29 is 25.9 Å². The van der Waals surface area contributed by atoms with Crippen LogP contribution >= 0.6 is 13.5 Å². The summed E-state index contributed by atoms with van der Waals surface area (Å²) < 4.78 is 48.2. The Bertz CT molecular complexity index is 149. The topological polar surface area (TPSA) is 109 Å². The maximum absolute atomic E-state index is 8.74. The van der Waals surface area contributed by atoms with E-state index in [1.807, 2.05) is 0 Å². The van der Waals surface area contributed by atoms with Gasteiger partial charge in [-0.3, -0.25) is 9.11 Å². The van der Waals surface area contributed by atoms with E-state index in [1.54, 1.807) is 0 Å². The summed E-state index contributed by atoms with van der Waals surface area (Å²) in [6.45, 7) is 0. The van der Waals surface area contributed by atoms with E-state index in [4.69, 9.17) is 25.9 Å². The van der Waals surface area contributed by atoms with Crippen LogP contribution in [0.5, 0.6) is 0 Å². The average Bonchev–Trinajstić information content (AvgIpc) is 1.27. The first kappa shape index (κ1) is 16.0. The highest BCUT2D eigenvalue weighted by molar-refractivity contribution is 7.79. The van der Waals surface area contributed by atoms with Crippen molar-refractivity contribution in [1.82, 2.24) is 0 Å². The van der Waals surface area contributed by atoms with E-state index in [1.165, 1.54) is 0 Å². The van der Waals surface area contributed by atoms with Gasteiger partial charge in [0.1, 0.15) is 0 Å². The molecule has 58 valence electrons. The zero-order valence-electron chi connectivity index (χ0n) is 3.84. The molecule has 2 N–H and O–H groups in total. The van der Waals surface area contributed by atoms with Gasteiger partial charge in [-0.15, -0.1) is 0 Å². The molecule has 0 aliphatic rings. The molecule has 0 aromatic carbocycles. The minimum absolute atomic E-state index is 0. The van der Waals surface area contributed by atoms with Crippen molar-refractivity contribution in [2.75, 3.05) is 0 Å². The first-order valence-electron chi connectivity index (χ1n) is 1.03. The molecule has 0 unspecified atom stereocenters. The van der Waals surface area contributed by atoms with E-state index in [2.05, 4.69) is 0 Å². The van der Waals surface area contributed by atoms with Crippen LogP contribution in [0.2, 0.25) is 0 Å². The Balaban J connectivity index is -0.0000000800. The Labute approximate surface area is 61.9 Å². The van der Waals surface area contributed by atoms with Crippen LogP contribution < -0.4 is 0 Å².